The lowest BCUT2D eigenvalue weighted by Gasteiger charge is -2.15. The van der Waals surface area contributed by atoms with Gasteiger partial charge in [-0.3, -0.25) is 4.79 Å². The van der Waals surface area contributed by atoms with E-state index < -0.39 is 18.0 Å². The molecule has 1 amide bonds. The van der Waals surface area contributed by atoms with Crippen molar-refractivity contribution in [2.45, 2.75) is 31.5 Å². The Hall–Kier alpha value is -2.39. The number of fused-ring (bicyclic) bond motifs is 1. The molecule has 2 N–H and O–H groups in total. The Morgan fingerprint density at radius 2 is 2.09 bits per heavy atom. The van der Waals surface area contributed by atoms with Gasteiger partial charge in [-0.05, 0) is 31.4 Å². The predicted molar refractivity (Wildman–Crippen MR) is 70.1 cm³/mol. The summed E-state index contributed by atoms with van der Waals surface area (Å²) >= 11 is 0. The molecule has 3 heterocycles. The van der Waals surface area contributed by atoms with Gasteiger partial charge in [0.1, 0.15) is 11.9 Å². The molecule has 118 valence electrons. The molecule has 10 heteroatoms. The molecule has 22 heavy (non-hydrogen) atoms. The summed E-state index contributed by atoms with van der Waals surface area (Å²) in [6, 6.07) is 2.33. The fourth-order valence-corrected chi connectivity index (χ4v) is 2.30. The molecule has 1 saturated heterocycles. The van der Waals surface area contributed by atoms with Crippen molar-refractivity contribution in [1.82, 2.24) is 25.1 Å². The molecule has 0 unspecified atom stereocenters. The standard InChI is InChI=1S/C12H13F3N6O/c13-12(14,15)11-19-18-9-5-4-8(20-21(9)11)17-7-3-1-2-6-16-10(7)22/h4-5,7H,1-3,6H2,(H,16,22)(H,17,20)/t7-/m0/s1. The number of halogens is 3. The number of carbonyl (C=O) groups excluding carboxylic acids is 1. The number of rotatable bonds is 2. The number of hydrogen-bond donors (Lipinski definition) is 2. The first kappa shape index (κ1) is 14.5. The molecule has 1 aliphatic rings. The second-order valence-electron chi connectivity index (χ2n) is 4.99. The van der Waals surface area contributed by atoms with Crippen LogP contribution in [0.5, 0.6) is 0 Å². The molecule has 0 radical (unpaired) electrons. The van der Waals surface area contributed by atoms with E-state index in [4.69, 9.17) is 0 Å². The number of hydrogen-bond acceptors (Lipinski definition) is 5. The van der Waals surface area contributed by atoms with E-state index in [0.29, 0.717) is 17.5 Å². The first-order valence-electron chi connectivity index (χ1n) is 6.79. The summed E-state index contributed by atoms with van der Waals surface area (Å²) in [5, 5.41) is 16.0. The molecule has 0 bridgehead atoms. The molecule has 0 aliphatic carbocycles. The maximum Gasteiger partial charge on any atom is 0.453 e. The van der Waals surface area contributed by atoms with Gasteiger partial charge in [-0.1, -0.05) is 0 Å². The van der Waals surface area contributed by atoms with E-state index in [1.165, 1.54) is 12.1 Å². The van der Waals surface area contributed by atoms with Crippen LogP contribution in [0.25, 0.3) is 5.65 Å². The highest BCUT2D eigenvalue weighted by Crippen LogP contribution is 2.27. The van der Waals surface area contributed by atoms with Gasteiger partial charge in [0, 0.05) is 6.54 Å². The molecule has 1 aliphatic heterocycles. The summed E-state index contributed by atoms with van der Waals surface area (Å²) in [6.07, 6.45) is -2.33. The highest BCUT2D eigenvalue weighted by molar-refractivity contribution is 5.84. The molecule has 3 rings (SSSR count). The van der Waals surface area contributed by atoms with Crippen LogP contribution in [-0.4, -0.2) is 38.3 Å². The highest BCUT2D eigenvalue weighted by Gasteiger charge is 2.37. The first-order valence-corrected chi connectivity index (χ1v) is 6.79. The highest BCUT2D eigenvalue weighted by atomic mass is 19.4. The van der Waals surface area contributed by atoms with Gasteiger partial charge >= 0.3 is 6.18 Å². The number of alkyl halides is 3. The number of amides is 1. The summed E-state index contributed by atoms with van der Waals surface area (Å²) in [6.45, 7) is 0.604. The van der Waals surface area contributed by atoms with Gasteiger partial charge < -0.3 is 10.6 Å². The largest absolute Gasteiger partial charge is 0.453 e. The average molecular weight is 314 g/mol. The van der Waals surface area contributed by atoms with E-state index in [0.717, 1.165) is 12.8 Å². The minimum atomic E-state index is -4.65. The third kappa shape index (κ3) is 2.81. The van der Waals surface area contributed by atoms with Crippen molar-refractivity contribution < 1.29 is 18.0 Å². The number of carbonyl (C=O) groups is 1. The Morgan fingerprint density at radius 3 is 2.86 bits per heavy atom. The van der Waals surface area contributed by atoms with Crippen LogP contribution in [0, 0.1) is 0 Å². The molecule has 0 spiro atoms. The zero-order valence-corrected chi connectivity index (χ0v) is 11.4. The number of nitrogens with one attached hydrogen (secondary N) is 2. The third-order valence-electron chi connectivity index (χ3n) is 3.37. The van der Waals surface area contributed by atoms with E-state index in [1.54, 1.807) is 0 Å². The zero-order chi connectivity index (χ0) is 15.7. The van der Waals surface area contributed by atoms with Crippen molar-refractivity contribution in [2.75, 3.05) is 11.9 Å². The normalized spacial score (nSPS) is 19.8. The van der Waals surface area contributed by atoms with E-state index in [9.17, 15) is 18.0 Å². The summed E-state index contributed by atoms with van der Waals surface area (Å²) in [4.78, 5) is 11.8. The fourth-order valence-electron chi connectivity index (χ4n) is 2.30. The summed E-state index contributed by atoms with van der Waals surface area (Å²) in [5.74, 6) is -1.21. The molecule has 0 saturated carbocycles. The topological polar surface area (TPSA) is 84.2 Å². The number of aromatic nitrogens is 4. The van der Waals surface area contributed by atoms with Gasteiger partial charge in [0.25, 0.3) is 5.82 Å². The minimum Gasteiger partial charge on any atom is -0.357 e. The van der Waals surface area contributed by atoms with Crippen molar-refractivity contribution in [1.29, 1.82) is 0 Å². The van der Waals surface area contributed by atoms with Gasteiger partial charge in [0.2, 0.25) is 5.91 Å². The summed E-state index contributed by atoms with van der Waals surface area (Å²) in [7, 11) is 0. The van der Waals surface area contributed by atoms with Crippen LogP contribution in [-0.2, 0) is 11.0 Å². The molecular weight excluding hydrogens is 301 g/mol. The van der Waals surface area contributed by atoms with E-state index in [-0.39, 0.29) is 17.4 Å². The van der Waals surface area contributed by atoms with Crippen molar-refractivity contribution in [3.63, 3.8) is 0 Å². The van der Waals surface area contributed by atoms with Gasteiger partial charge in [0.15, 0.2) is 5.65 Å². The van der Waals surface area contributed by atoms with Crippen molar-refractivity contribution in [3.05, 3.63) is 18.0 Å². The SMILES string of the molecule is O=C1NCCCC[C@@H]1Nc1ccc2nnc(C(F)(F)F)n2n1. The van der Waals surface area contributed by atoms with Gasteiger partial charge in [-0.25, -0.2) is 0 Å². The molecule has 7 nitrogen and oxygen atoms in total. The Morgan fingerprint density at radius 1 is 1.27 bits per heavy atom. The van der Waals surface area contributed by atoms with Crippen molar-refractivity contribution >= 4 is 17.4 Å². The van der Waals surface area contributed by atoms with Gasteiger partial charge in [-0.2, -0.15) is 17.7 Å². The van der Waals surface area contributed by atoms with Gasteiger partial charge in [-0.15, -0.1) is 15.3 Å². The van der Waals surface area contributed by atoms with E-state index in [2.05, 4.69) is 25.9 Å². The zero-order valence-electron chi connectivity index (χ0n) is 11.4. The van der Waals surface area contributed by atoms with Crippen LogP contribution >= 0.6 is 0 Å². The molecule has 1 fully saturated rings. The summed E-state index contributed by atoms with van der Waals surface area (Å²) in [5.41, 5.74) is -0.0109. The summed E-state index contributed by atoms with van der Waals surface area (Å²) < 4.78 is 39.1. The lowest BCUT2D eigenvalue weighted by Crippen LogP contribution is -2.38. The van der Waals surface area contributed by atoms with E-state index >= 15 is 0 Å². The monoisotopic (exact) mass is 314 g/mol. The number of nitrogens with zero attached hydrogens (tertiary/aromatic N) is 4. The van der Waals surface area contributed by atoms with Crippen LogP contribution in [0.3, 0.4) is 0 Å². The lowest BCUT2D eigenvalue weighted by atomic mass is 10.1. The van der Waals surface area contributed by atoms with Crippen LogP contribution in [0.1, 0.15) is 25.1 Å². The fraction of sp³-hybridized carbons (Fsp3) is 0.500. The van der Waals surface area contributed by atoms with E-state index in [1.807, 2.05) is 0 Å². The molecule has 2 aromatic rings. The Kier molecular flexibility index (Phi) is 3.59. The van der Waals surface area contributed by atoms with Crippen molar-refractivity contribution in [3.8, 4) is 0 Å². The van der Waals surface area contributed by atoms with Crippen LogP contribution in [0.2, 0.25) is 0 Å². The lowest BCUT2D eigenvalue weighted by molar-refractivity contribution is -0.146. The van der Waals surface area contributed by atoms with Crippen LogP contribution in [0.15, 0.2) is 12.1 Å². The van der Waals surface area contributed by atoms with Crippen LogP contribution < -0.4 is 10.6 Å². The smallest absolute Gasteiger partial charge is 0.357 e. The average Bonchev–Trinajstić information content (AvgIpc) is 2.78. The van der Waals surface area contributed by atoms with Crippen LogP contribution in [0.4, 0.5) is 19.0 Å². The molecule has 1 atom stereocenters. The molecular formula is C12H13F3N6O. The maximum absolute atomic E-state index is 12.8. The van der Waals surface area contributed by atoms with Crippen molar-refractivity contribution in [2.24, 2.45) is 0 Å². The Balaban J connectivity index is 1.89. The maximum atomic E-state index is 12.8. The molecule has 0 aromatic carbocycles. The number of anilines is 1. The molecule has 2 aromatic heterocycles. The third-order valence-corrected chi connectivity index (χ3v) is 3.37. The predicted octanol–water partition coefficient (Wildman–Crippen LogP) is 1.22. The first-order chi connectivity index (χ1) is 10.4. The quantitative estimate of drug-likeness (QED) is 0.871. The Bertz CT molecular complexity index is 698. The second-order valence-corrected chi connectivity index (χ2v) is 4.99. The van der Waals surface area contributed by atoms with Gasteiger partial charge in [0.05, 0.1) is 0 Å². The Labute approximate surface area is 122 Å². The minimum absolute atomic E-state index is 0.0109. The second kappa shape index (κ2) is 5.43.